The first kappa shape index (κ1) is 9.33. The van der Waals surface area contributed by atoms with E-state index in [2.05, 4.69) is 0 Å². The van der Waals surface area contributed by atoms with Crippen LogP contribution in [0.15, 0.2) is 0 Å². The van der Waals surface area contributed by atoms with Crippen molar-refractivity contribution in [1.29, 1.82) is 5.26 Å². The van der Waals surface area contributed by atoms with Gasteiger partial charge in [0.15, 0.2) is 16.0 Å². The SMILES string of the molecule is CCN(C#N)C1CCS(=O)(=O)C1. The van der Waals surface area contributed by atoms with Crippen LogP contribution in [-0.4, -0.2) is 37.4 Å². The predicted octanol–water partition coefficient (Wildman–Crippen LogP) is -0.0235. The van der Waals surface area contributed by atoms with Gasteiger partial charge in [-0.25, -0.2) is 8.42 Å². The van der Waals surface area contributed by atoms with Crippen LogP contribution in [0.1, 0.15) is 13.3 Å². The summed E-state index contributed by atoms with van der Waals surface area (Å²) in [4.78, 5) is 1.53. The Hall–Kier alpha value is -0.760. The summed E-state index contributed by atoms with van der Waals surface area (Å²) >= 11 is 0. The lowest BCUT2D eigenvalue weighted by molar-refractivity contribution is 0.327. The fourth-order valence-corrected chi connectivity index (χ4v) is 3.16. The van der Waals surface area contributed by atoms with Crippen molar-refractivity contribution >= 4 is 9.84 Å². The summed E-state index contributed by atoms with van der Waals surface area (Å²) in [6.07, 6.45) is 2.60. The molecule has 5 heteroatoms. The second-order valence-electron chi connectivity index (χ2n) is 2.94. The van der Waals surface area contributed by atoms with Crippen LogP contribution in [0, 0.1) is 11.5 Å². The molecule has 1 rings (SSSR count). The van der Waals surface area contributed by atoms with E-state index in [1.807, 2.05) is 13.1 Å². The molecule has 0 bridgehead atoms. The Morgan fingerprint density at radius 1 is 1.67 bits per heavy atom. The molecule has 1 unspecified atom stereocenters. The smallest absolute Gasteiger partial charge is 0.179 e. The average Bonchev–Trinajstić information content (AvgIpc) is 2.34. The lowest BCUT2D eigenvalue weighted by Gasteiger charge is -2.18. The summed E-state index contributed by atoms with van der Waals surface area (Å²) < 4.78 is 22.1. The molecule has 0 N–H and O–H groups in total. The fraction of sp³-hybridized carbons (Fsp3) is 0.857. The van der Waals surface area contributed by atoms with Gasteiger partial charge in [0.2, 0.25) is 0 Å². The largest absolute Gasteiger partial charge is 0.307 e. The lowest BCUT2D eigenvalue weighted by atomic mass is 10.2. The average molecular weight is 188 g/mol. The molecule has 1 fully saturated rings. The molecule has 0 aromatic rings. The monoisotopic (exact) mass is 188 g/mol. The molecule has 68 valence electrons. The van der Waals surface area contributed by atoms with E-state index in [1.54, 1.807) is 0 Å². The summed E-state index contributed by atoms with van der Waals surface area (Å²) in [6, 6.07) is -0.0787. The molecule has 1 atom stereocenters. The van der Waals surface area contributed by atoms with Crippen LogP contribution in [-0.2, 0) is 9.84 Å². The Balaban J connectivity index is 2.64. The van der Waals surface area contributed by atoms with E-state index in [4.69, 9.17) is 5.26 Å². The van der Waals surface area contributed by atoms with Gasteiger partial charge in [0.25, 0.3) is 0 Å². The fourth-order valence-electron chi connectivity index (χ4n) is 1.43. The van der Waals surface area contributed by atoms with E-state index < -0.39 is 9.84 Å². The third kappa shape index (κ3) is 1.89. The number of nitrogens with zero attached hydrogens (tertiary/aromatic N) is 2. The van der Waals surface area contributed by atoms with Gasteiger partial charge >= 0.3 is 0 Å². The van der Waals surface area contributed by atoms with Crippen LogP contribution in [0.2, 0.25) is 0 Å². The quantitative estimate of drug-likeness (QED) is 0.451. The van der Waals surface area contributed by atoms with Crippen molar-refractivity contribution in [3.63, 3.8) is 0 Å². The second-order valence-corrected chi connectivity index (χ2v) is 5.17. The number of hydrogen-bond donors (Lipinski definition) is 0. The molecule has 0 spiro atoms. The molecule has 0 saturated carbocycles. The minimum atomic E-state index is -2.85. The van der Waals surface area contributed by atoms with Crippen molar-refractivity contribution in [3.8, 4) is 6.19 Å². The molecule has 12 heavy (non-hydrogen) atoms. The zero-order valence-electron chi connectivity index (χ0n) is 7.02. The third-order valence-corrected chi connectivity index (χ3v) is 3.87. The van der Waals surface area contributed by atoms with Crippen LogP contribution in [0.4, 0.5) is 0 Å². The van der Waals surface area contributed by atoms with Crippen LogP contribution in [0.5, 0.6) is 0 Å². The molecular weight excluding hydrogens is 176 g/mol. The van der Waals surface area contributed by atoms with Gasteiger partial charge in [-0.15, -0.1) is 0 Å². The first-order chi connectivity index (χ1) is 5.59. The summed E-state index contributed by atoms with van der Waals surface area (Å²) in [7, 11) is -2.85. The number of hydrogen-bond acceptors (Lipinski definition) is 4. The minimum absolute atomic E-state index is 0.0787. The van der Waals surface area contributed by atoms with E-state index in [0.717, 1.165) is 0 Å². The van der Waals surface area contributed by atoms with Crippen molar-refractivity contribution in [2.75, 3.05) is 18.1 Å². The Morgan fingerprint density at radius 3 is 2.67 bits per heavy atom. The predicted molar refractivity (Wildman–Crippen MR) is 45.1 cm³/mol. The molecule has 1 heterocycles. The van der Waals surface area contributed by atoms with Crippen molar-refractivity contribution in [2.24, 2.45) is 0 Å². The van der Waals surface area contributed by atoms with Crippen molar-refractivity contribution in [3.05, 3.63) is 0 Å². The highest BCUT2D eigenvalue weighted by Crippen LogP contribution is 2.16. The van der Waals surface area contributed by atoms with E-state index >= 15 is 0 Å². The van der Waals surface area contributed by atoms with Crippen molar-refractivity contribution in [2.45, 2.75) is 19.4 Å². The highest BCUT2D eigenvalue weighted by Gasteiger charge is 2.31. The molecule has 0 amide bonds. The van der Waals surface area contributed by atoms with E-state index in [0.29, 0.717) is 13.0 Å². The third-order valence-electron chi connectivity index (χ3n) is 2.12. The first-order valence-corrected chi connectivity index (χ1v) is 5.78. The summed E-state index contributed by atoms with van der Waals surface area (Å²) in [5.41, 5.74) is 0. The standard InChI is InChI=1S/C7H12N2O2S/c1-2-9(6-8)7-3-4-12(10,11)5-7/h7H,2-5H2,1H3. The number of nitriles is 1. The van der Waals surface area contributed by atoms with Crippen LogP contribution in [0.3, 0.4) is 0 Å². The molecule has 1 aliphatic heterocycles. The molecule has 0 aromatic heterocycles. The van der Waals surface area contributed by atoms with Gasteiger partial charge in [0.05, 0.1) is 17.5 Å². The van der Waals surface area contributed by atoms with Crippen LogP contribution in [0.25, 0.3) is 0 Å². The van der Waals surface area contributed by atoms with E-state index in [9.17, 15) is 8.42 Å². The Labute approximate surface area is 72.7 Å². The lowest BCUT2D eigenvalue weighted by Crippen LogP contribution is -2.31. The van der Waals surface area contributed by atoms with Gasteiger partial charge in [-0.05, 0) is 13.3 Å². The van der Waals surface area contributed by atoms with Crippen molar-refractivity contribution < 1.29 is 8.42 Å². The summed E-state index contributed by atoms with van der Waals surface area (Å²) in [5.74, 6) is 0.379. The second kappa shape index (κ2) is 3.31. The van der Waals surface area contributed by atoms with Gasteiger partial charge in [-0.3, -0.25) is 0 Å². The van der Waals surface area contributed by atoms with Gasteiger partial charge in [0.1, 0.15) is 0 Å². The zero-order chi connectivity index (χ0) is 9.19. The highest BCUT2D eigenvalue weighted by molar-refractivity contribution is 7.91. The first-order valence-electron chi connectivity index (χ1n) is 3.96. The van der Waals surface area contributed by atoms with Crippen molar-refractivity contribution in [1.82, 2.24) is 4.90 Å². The highest BCUT2D eigenvalue weighted by atomic mass is 32.2. The molecule has 1 saturated heterocycles. The molecule has 0 radical (unpaired) electrons. The Kier molecular flexibility index (Phi) is 2.58. The maximum absolute atomic E-state index is 11.0. The zero-order valence-corrected chi connectivity index (χ0v) is 7.84. The maximum Gasteiger partial charge on any atom is 0.179 e. The Bertz CT molecular complexity index is 291. The molecule has 0 aliphatic carbocycles. The molecular formula is C7H12N2O2S. The van der Waals surface area contributed by atoms with Crippen LogP contribution >= 0.6 is 0 Å². The molecule has 1 aliphatic rings. The topological polar surface area (TPSA) is 61.2 Å². The minimum Gasteiger partial charge on any atom is -0.307 e. The summed E-state index contributed by atoms with van der Waals surface area (Å²) in [5, 5.41) is 8.64. The van der Waals surface area contributed by atoms with Crippen LogP contribution < -0.4 is 0 Å². The number of sulfone groups is 1. The van der Waals surface area contributed by atoms with E-state index in [1.165, 1.54) is 4.90 Å². The molecule has 0 aromatic carbocycles. The number of rotatable bonds is 2. The summed E-state index contributed by atoms with van der Waals surface area (Å²) in [6.45, 7) is 2.45. The van der Waals surface area contributed by atoms with Gasteiger partial charge in [0, 0.05) is 6.54 Å². The van der Waals surface area contributed by atoms with Gasteiger partial charge < -0.3 is 4.90 Å². The van der Waals surface area contributed by atoms with Gasteiger partial charge in [-0.2, -0.15) is 5.26 Å². The van der Waals surface area contributed by atoms with E-state index in [-0.39, 0.29) is 17.5 Å². The Morgan fingerprint density at radius 2 is 2.33 bits per heavy atom. The molecule has 4 nitrogen and oxygen atoms in total. The normalized spacial score (nSPS) is 26.5. The van der Waals surface area contributed by atoms with Gasteiger partial charge in [-0.1, -0.05) is 0 Å². The maximum atomic E-state index is 11.0.